The fraction of sp³-hybridized carbons (Fsp3) is 0.273. The molecule has 0 saturated carbocycles. The predicted molar refractivity (Wildman–Crippen MR) is 102 cm³/mol. The summed E-state index contributed by atoms with van der Waals surface area (Å²) in [6, 6.07) is 13.5. The second-order valence-corrected chi connectivity index (χ2v) is 6.66. The summed E-state index contributed by atoms with van der Waals surface area (Å²) in [5.41, 5.74) is 3.51. The van der Waals surface area contributed by atoms with Crippen LogP contribution in [0.1, 0.15) is 36.1 Å². The number of benzene rings is 2. The van der Waals surface area contributed by atoms with Crippen molar-refractivity contribution in [1.29, 1.82) is 0 Å². The van der Waals surface area contributed by atoms with Crippen LogP contribution >= 0.6 is 0 Å². The number of ether oxygens (including phenoxy) is 1. The zero-order valence-corrected chi connectivity index (χ0v) is 15.5. The van der Waals surface area contributed by atoms with Gasteiger partial charge in [-0.15, -0.1) is 0 Å². The Morgan fingerprint density at radius 3 is 2.50 bits per heavy atom. The molecule has 4 nitrogen and oxygen atoms in total. The monoisotopic (exact) mass is 350 g/mol. The number of carbonyl (C=O) groups excluding carboxylic acids is 1. The lowest BCUT2D eigenvalue weighted by Crippen LogP contribution is -2.21. The van der Waals surface area contributed by atoms with Crippen LogP contribution < -0.4 is 10.4 Å². The zero-order valence-electron chi connectivity index (χ0n) is 15.5. The molecule has 1 aromatic heterocycles. The Morgan fingerprint density at radius 1 is 1.15 bits per heavy atom. The van der Waals surface area contributed by atoms with Crippen molar-refractivity contribution < 1.29 is 13.9 Å². The Hall–Kier alpha value is -2.88. The molecule has 0 aliphatic rings. The normalized spacial score (nSPS) is 12.2. The maximum atomic E-state index is 12.5. The molecular formula is C22H22O4. The minimum Gasteiger partial charge on any atom is -0.482 e. The van der Waals surface area contributed by atoms with E-state index in [9.17, 15) is 9.59 Å². The van der Waals surface area contributed by atoms with Crippen LogP contribution in [-0.2, 0) is 11.2 Å². The number of carbonyl (C=O) groups is 1. The first-order chi connectivity index (χ1) is 12.4. The topological polar surface area (TPSA) is 56.5 Å². The summed E-state index contributed by atoms with van der Waals surface area (Å²) in [5.74, 6) is 0.512. The summed E-state index contributed by atoms with van der Waals surface area (Å²) in [5, 5.41) is 0.745. The van der Waals surface area contributed by atoms with E-state index < -0.39 is 6.10 Å². The quantitative estimate of drug-likeness (QED) is 0.642. The van der Waals surface area contributed by atoms with Crippen LogP contribution in [0, 0.1) is 13.8 Å². The Balaban J connectivity index is 2.18. The molecule has 3 aromatic rings. The van der Waals surface area contributed by atoms with Crippen LogP contribution in [0.2, 0.25) is 0 Å². The van der Waals surface area contributed by atoms with Crippen LogP contribution in [0.15, 0.2) is 51.7 Å². The number of hydrogen-bond donors (Lipinski definition) is 0. The second-order valence-electron chi connectivity index (χ2n) is 6.66. The molecule has 0 unspecified atom stereocenters. The fourth-order valence-corrected chi connectivity index (χ4v) is 3.01. The highest BCUT2D eigenvalue weighted by Crippen LogP contribution is 2.32. The fourth-order valence-electron chi connectivity index (χ4n) is 3.01. The summed E-state index contributed by atoms with van der Waals surface area (Å²) in [7, 11) is 0. The molecule has 134 valence electrons. The van der Waals surface area contributed by atoms with Crippen LogP contribution in [0.5, 0.6) is 5.75 Å². The number of fused-ring (bicyclic) bond motifs is 1. The molecule has 0 bridgehead atoms. The summed E-state index contributed by atoms with van der Waals surface area (Å²) < 4.78 is 11.5. The highest BCUT2D eigenvalue weighted by molar-refractivity contribution is 5.89. The summed E-state index contributed by atoms with van der Waals surface area (Å²) in [4.78, 5) is 24.2. The van der Waals surface area contributed by atoms with E-state index in [0.717, 1.165) is 22.1 Å². The molecular weight excluding hydrogens is 328 g/mol. The first-order valence-electron chi connectivity index (χ1n) is 8.64. The van der Waals surface area contributed by atoms with Crippen molar-refractivity contribution in [2.75, 3.05) is 0 Å². The van der Waals surface area contributed by atoms with E-state index in [1.54, 1.807) is 6.92 Å². The van der Waals surface area contributed by atoms with Gasteiger partial charge in [-0.25, -0.2) is 4.79 Å². The molecule has 0 aliphatic carbocycles. The zero-order chi connectivity index (χ0) is 18.8. The van der Waals surface area contributed by atoms with Gasteiger partial charge in [-0.1, -0.05) is 30.3 Å². The summed E-state index contributed by atoms with van der Waals surface area (Å²) in [6.45, 7) is 7.02. The van der Waals surface area contributed by atoms with Gasteiger partial charge in [0.25, 0.3) is 0 Å². The molecule has 0 amide bonds. The van der Waals surface area contributed by atoms with Gasteiger partial charge in [0.1, 0.15) is 11.3 Å². The molecule has 26 heavy (non-hydrogen) atoms. The van der Waals surface area contributed by atoms with E-state index in [-0.39, 0.29) is 11.4 Å². The SMILES string of the molecule is CC(=O)[C@H](C)Oc1cc(C)cc2oc(=O)c(Cc3ccccc3)c(C)c12. The van der Waals surface area contributed by atoms with Crippen molar-refractivity contribution in [2.24, 2.45) is 0 Å². The van der Waals surface area contributed by atoms with Crippen molar-refractivity contribution in [3.8, 4) is 5.75 Å². The minimum atomic E-state index is -0.566. The molecule has 0 radical (unpaired) electrons. The van der Waals surface area contributed by atoms with E-state index in [1.165, 1.54) is 6.92 Å². The molecule has 0 saturated heterocycles. The van der Waals surface area contributed by atoms with E-state index >= 15 is 0 Å². The Labute approximate surface area is 152 Å². The lowest BCUT2D eigenvalue weighted by atomic mass is 9.98. The van der Waals surface area contributed by atoms with Gasteiger partial charge in [-0.2, -0.15) is 0 Å². The highest BCUT2D eigenvalue weighted by Gasteiger charge is 2.18. The van der Waals surface area contributed by atoms with Gasteiger partial charge in [0, 0.05) is 12.0 Å². The van der Waals surface area contributed by atoms with Crippen LogP contribution in [0.25, 0.3) is 11.0 Å². The molecule has 0 aliphatic heterocycles. The van der Waals surface area contributed by atoms with Gasteiger partial charge in [-0.3, -0.25) is 4.79 Å². The summed E-state index contributed by atoms with van der Waals surface area (Å²) in [6.07, 6.45) is -0.0792. The van der Waals surface area contributed by atoms with Crippen LogP contribution in [0.4, 0.5) is 0 Å². The Kier molecular flexibility index (Phi) is 4.94. The van der Waals surface area contributed by atoms with E-state index in [1.807, 2.05) is 56.3 Å². The van der Waals surface area contributed by atoms with Gasteiger partial charge in [-0.05, 0) is 56.5 Å². The van der Waals surface area contributed by atoms with Crippen molar-refractivity contribution in [3.63, 3.8) is 0 Å². The summed E-state index contributed by atoms with van der Waals surface area (Å²) >= 11 is 0. The second kappa shape index (κ2) is 7.16. The van der Waals surface area contributed by atoms with Gasteiger partial charge in [0.2, 0.25) is 0 Å². The maximum absolute atomic E-state index is 12.5. The van der Waals surface area contributed by atoms with Crippen molar-refractivity contribution in [3.05, 3.63) is 75.1 Å². The third-order valence-electron chi connectivity index (χ3n) is 4.59. The number of Topliss-reactive ketones (excluding diaryl/α,β-unsaturated/α-hetero) is 1. The number of hydrogen-bond acceptors (Lipinski definition) is 4. The first kappa shape index (κ1) is 17.9. The smallest absolute Gasteiger partial charge is 0.340 e. The lowest BCUT2D eigenvalue weighted by Gasteiger charge is -2.17. The lowest BCUT2D eigenvalue weighted by molar-refractivity contribution is -0.122. The number of aryl methyl sites for hydroxylation is 2. The molecule has 0 N–H and O–H groups in total. The van der Waals surface area contributed by atoms with Crippen LogP contribution in [0.3, 0.4) is 0 Å². The minimum absolute atomic E-state index is 0.0563. The van der Waals surface area contributed by atoms with E-state index in [0.29, 0.717) is 23.3 Å². The standard InChI is InChI=1S/C22H22O4/c1-13-10-19(25-16(4)15(3)23)21-14(2)18(22(24)26-20(21)11-13)12-17-8-6-5-7-9-17/h5-11,16H,12H2,1-4H3/t16-/m0/s1. The first-order valence-corrected chi connectivity index (χ1v) is 8.64. The molecule has 1 atom stereocenters. The average molecular weight is 350 g/mol. The van der Waals surface area contributed by atoms with E-state index in [4.69, 9.17) is 9.15 Å². The number of rotatable bonds is 5. The number of ketones is 1. The van der Waals surface area contributed by atoms with Gasteiger partial charge < -0.3 is 9.15 Å². The molecule has 3 rings (SSSR count). The third-order valence-corrected chi connectivity index (χ3v) is 4.59. The Morgan fingerprint density at radius 2 is 1.85 bits per heavy atom. The average Bonchev–Trinajstić information content (AvgIpc) is 2.58. The van der Waals surface area contributed by atoms with Gasteiger partial charge >= 0.3 is 5.63 Å². The van der Waals surface area contributed by atoms with Gasteiger partial charge in [0.15, 0.2) is 11.9 Å². The molecule has 4 heteroatoms. The van der Waals surface area contributed by atoms with Crippen molar-refractivity contribution in [2.45, 2.75) is 40.2 Å². The molecule has 0 fully saturated rings. The third kappa shape index (κ3) is 3.54. The largest absolute Gasteiger partial charge is 0.482 e. The highest BCUT2D eigenvalue weighted by atomic mass is 16.5. The van der Waals surface area contributed by atoms with Crippen LogP contribution in [-0.4, -0.2) is 11.9 Å². The maximum Gasteiger partial charge on any atom is 0.340 e. The molecule has 0 spiro atoms. The van der Waals surface area contributed by atoms with E-state index in [2.05, 4.69) is 0 Å². The van der Waals surface area contributed by atoms with Crippen molar-refractivity contribution >= 4 is 16.8 Å². The van der Waals surface area contributed by atoms with Gasteiger partial charge in [0.05, 0.1) is 5.39 Å². The molecule has 1 heterocycles. The van der Waals surface area contributed by atoms with Crippen molar-refractivity contribution in [1.82, 2.24) is 0 Å². The Bertz CT molecular complexity index is 1020. The molecule has 2 aromatic carbocycles. The predicted octanol–water partition coefficient (Wildman–Crippen LogP) is 4.36.